The molecule has 0 saturated heterocycles. The number of thioether (sulfide) groups is 1. The summed E-state index contributed by atoms with van der Waals surface area (Å²) >= 11 is 2.00. The third-order valence-corrected chi connectivity index (χ3v) is 5.91. The topological polar surface area (TPSA) is 20.2 Å². The van der Waals surface area contributed by atoms with Gasteiger partial charge in [-0.05, 0) is 19.1 Å². The molecule has 0 radical (unpaired) electrons. The number of hydrogen-bond donors (Lipinski definition) is 1. The zero-order chi connectivity index (χ0) is 17.7. The Hall–Kier alpha value is 0.0500. The summed E-state index contributed by atoms with van der Waals surface area (Å²) < 4.78 is 0. The van der Waals surface area contributed by atoms with Gasteiger partial charge in [0, 0.05) is 11.7 Å². The van der Waals surface area contributed by atoms with Gasteiger partial charge in [0.15, 0.2) is 0 Å². The SMILES string of the molecule is C/C=C\C(CO)CSCCCCCCCCCCCCCCCC. The fraction of sp³-hybridized carbons (Fsp3) is 0.909. The van der Waals surface area contributed by atoms with E-state index in [9.17, 15) is 5.11 Å². The summed E-state index contributed by atoms with van der Waals surface area (Å²) in [6.45, 7) is 4.60. The van der Waals surface area contributed by atoms with Crippen molar-refractivity contribution < 1.29 is 5.11 Å². The quantitative estimate of drug-likeness (QED) is 0.192. The minimum atomic E-state index is 0.288. The van der Waals surface area contributed by atoms with Crippen LogP contribution >= 0.6 is 11.8 Å². The molecular formula is C22H44OS. The highest BCUT2D eigenvalue weighted by Crippen LogP contribution is 2.15. The van der Waals surface area contributed by atoms with E-state index in [1.54, 1.807) is 0 Å². The summed E-state index contributed by atoms with van der Waals surface area (Å²) in [4.78, 5) is 0. The van der Waals surface area contributed by atoms with Crippen LogP contribution in [0.5, 0.6) is 0 Å². The molecule has 2 heteroatoms. The van der Waals surface area contributed by atoms with Gasteiger partial charge in [0.2, 0.25) is 0 Å². The van der Waals surface area contributed by atoms with Crippen LogP contribution < -0.4 is 0 Å². The molecule has 0 aromatic carbocycles. The van der Waals surface area contributed by atoms with E-state index in [-0.39, 0.29) is 6.61 Å². The molecule has 0 heterocycles. The second-order valence-electron chi connectivity index (χ2n) is 7.14. The van der Waals surface area contributed by atoms with Crippen LogP contribution in [0.3, 0.4) is 0 Å². The summed E-state index contributed by atoms with van der Waals surface area (Å²) in [6.07, 6.45) is 24.2. The third-order valence-electron chi connectivity index (χ3n) is 4.67. The number of rotatable bonds is 19. The lowest BCUT2D eigenvalue weighted by Crippen LogP contribution is -2.05. The summed E-state index contributed by atoms with van der Waals surface area (Å²) in [5.41, 5.74) is 0. The molecule has 1 atom stereocenters. The highest BCUT2D eigenvalue weighted by atomic mass is 32.2. The Bertz CT molecular complexity index is 252. The maximum atomic E-state index is 9.22. The van der Waals surface area contributed by atoms with Crippen molar-refractivity contribution in [1.82, 2.24) is 0 Å². The highest BCUT2D eigenvalue weighted by molar-refractivity contribution is 7.99. The van der Waals surface area contributed by atoms with Crippen molar-refractivity contribution in [2.75, 3.05) is 18.1 Å². The van der Waals surface area contributed by atoms with Gasteiger partial charge in [0.25, 0.3) is 0 Å². The molecule has 0 aromatic heterocycles. The van der Waals surface area contributed by atoms with Gasteiger partial charge < -0.3 is 5.11 Å². The summed E-state index contributed by atoms with van der Waals surface area (Å²) in [6, 6.07) is 0. The second-order valence-corrected chi connectivity index (χ2v) is 8.29. The molecule has 144 valence electrons. The number of unbranched alkanes of at least 4 members (excludes halogenated alkanes) is 13. The lowest BCUT2D eigenvalue weighted by atomic mass is 10.0. The largest absolute Gasteiger partial charge is 0.396 e. The molecule has 0 bridgehead atoms. The van der Waals surface area contributed by atoms with E-state index in [2.05, 4.69) is 13.0 Å². The smallest absolute Gasteiger partial charge is 0.0501 e. The van der Waals surface area contributed by atoms with Crippen LogP contribution in [0.15, 0.2) is 12.2 Å². The molecule has 0 aliphatic heterocycles. The Morgan fingerprint density at radius 2 is 1.21 bits per heavy atom. The molecule has 0 aliphatic carbocycles. The zero-order valence-electron chi connectivity index (χ0n) is 16.6. The Labute approximate surface area is 157 Å². The number of aliphatic hydroxyl groups is 1. The van der Waals surface area contributed by atoms with Gasteiger partial charge >= 0.3 is 0 Å². The van der Waals surface area contributed by atoms with Crippen LogP contribution in [0.2, 0.25) is 0 Å². The summed E-state index contributed by atoms with van der Waals surface area (Å²) in [5, 5.41) is 9.22. The summed E-state index contributed by atoms with van der Waals surface area (Å²) in [5.74, 6) is 2.68. The molecule has 1 nitrogen and oxygen atoms in total. The first kappa shape index (κ1) is 24.1. The van der Waals surface area contributed by atoms with Crippen molar-refractivity contribution in [2.24, 2.45) is 5.92 Å². The average molecular weight is 357 g/mol. The molecule has 0 aliphatic rings. The van der Waals surface area contributed by atoms with Crippen LogP contribution in [0.1, 0.15) is 104 Å². The highest BCUT2D eigenvalue weighted by Gasteiger charge is 2.02. The minimum Gasteiger partial charge on any atom is -0.396 e. The molecule has 1 N–H and O–H groups in total. The maximum absolute atomic E-state index is 9.22. The third kappa shape index (κ3) is 18.4. The first-order valence-electron chi connectivity index (χ1n) is 10.7. The zero-order valence-corrected chi connectivity index (χ0v) is 17.4. The lowest BCUT2D eigenvalue weighted by molar-refractivity contribution is 0.264. The second kappa shape index (κ2) is 21.1. The van der Waals surface area contributed by atoms with E-state index in [1.165, 1.54) is 95.6 Å². The first-order valence-corrected chi connectivity index (χ1v) is 11.8. The number of allylic oxidation sites excluding steroid dienone is 1. The van der Waals surface area contributed by atoms with Crippen LogP contribution in [0.25, 0.3) is 0 Å². The Morgan fingerprint density at radius 3 is 1.62 bits per heavy atom. The van der Waals surface area contributed by atoms with Crippen molar-refractivity contribution in [2.45, 2.75) is 104 Å². The molecule has 0 rings (SSSR count). The standard InChI is InChI=1S/C22H44OS/c1-3-5-6-7-8-9-10-11-12-13-14-15-16-17-19-24-21-22(20-23)18-4-2/h4,18,22-23H,3,5-17,19-21H2,1-2H3/b18-4-. The van der Waals surface area contributed by atoms with Gasteiger partial charge in [-0.1, -0.05) is 103 Å². The molecular weight excluding hydrogens is 312 g/mol. The van der Waals surface area contributed by atoms with Gasteiger partial charge in [-0.15, -0.1) is 0 Å². The molecule has 0 spiro atoms. The van der Waals surface area contributed by atoms with Crippen molar-refractivity contribution in [1.29, 1.82) is 0 Å². The van der Waals surface area contributed by atoms with E-state index in [4.69, 9.17) is 0 Å². The van der Waals surface area contributed by atoms with E-state index >= 15 is 0 Å². The predicted octanol–water partition coefficient (Wildman–Crippen LogP) is 7.39. The van der Waals surface area contributed by atoms with Gasteiger partial charge in [-0.3, -0.25) is 0 Å². The van der Waals surface area contributed by atoms with Gasteiger partial charge in [0.05, 0.1) is 6.61 Å². The van der Waals surface area contributed by atoms with Crippen molar-refractivity contribution in [3.8, 4) is 0 Å². The van der Waals surface area contributed by atoms with E-state index < -0.39 is 0 Å². The predicted molar refractivity (Wildman–Crippen MR) is 113 cm³/mol. The molecule has 1 unspecified atom stereocenters. The van der Waals surface area contributed by atoms with E-state index in [0.29, 0.717) is 5.92 Å². The Balaban J connectivity index is 3.10. The van der Waals surface area contributed by atoms with Crippen LogP contribution in [0.4, 0.5) is 0 Å². The summed E-state index contributed by atoms with van der Waals surface area (Å²) in [7, 11) is 0. The van der Waals surface area contributed by atoms with Crippen molar-refractivity contribution >= 4 is 11.8 Å². The molecule has 0 saturated carbocycles. The average Bonchev–Trinajstić information content (AvgIpc) is 2.60. The Morgan fingerprint density at radius 1 is 0.750 bits per heavy atom. The first-order chi connectivity index (χ1) is 11.8. The Kier molecular flexibility index (Phi) is 21.1. The van der Waals surface area contributed by atoms with Gasteiger partial charge in [-0.25, -0.2) is 0 Å². The van der Waals surface area contributed by atoms with Crippen molar-refractivity contribution in [3.63, 3.8) is 0 Å². The maximum Gasteiger partial charge on any atom is 0.0501 e. The lowest BCUT2D eigenvalue weighted by Gasteiger charge is -2.08. The van der Waals surface area contributed by atoms with Crippen molar-refractivity contribution in [3.05, 3.63) is 12.2 Å². The number of hydrogen-bond acceptors (Lipinski definition) is 2. The van der Waals surface area contributed by atoms with Gasteiger partial charge in [0.1, 0.15) is 0 Å². The van der Waals surface area contributed by atoms with Gasteiger partial charge in [-0.2, -0.15) is 11.8 Å². The fourth-order valence-corrected chi connectivity index (χ4v) is 4.17. The minimum absolute atomic E-state index is 0.288. The number of aliphatic hydroxyl groups excluding tert-OH is 1. The fourth-order valence-electron chi connectivity index (χ4n) is 3.07. The molecule has 24 heavy (non-hydrogen) atoms. The molecule has 0 fully saturated rings. The van der Waals surface area contributed by atoms with Crippen LogP contribution in [-0.2, 0) is 0 Å². The molecule has 0 aromatic rings. The normalized spacial score (nSPS) is 13.0. The monoisotopic (exact) mass is 356 g/mol. The molecule has 0 amide bonds. The van der Waals surface area contributed by atoms with E-state index in [1.807, 2.05) is 24.8 Å². The van der Waals surface area contributed by atoms with E-state index in [0.717, 1.165) is 5.75 Å². The van der Waals surface area contributed by atoms with Crippen LogP contribution in [-0.4, -0.2) is 23.2 Å². The van der Waals surface area contributed by atoms with Crippen LogP contribution in [0, 0.1) is 5.92 Å².